The van der Waals surface area contributed by atoms with Gasteiger partial charge in [0.1, 0.15) is 0 Å². The predicted molar refractivity (Wildman–Crippen MR) is 72.2 cm³/mol. The van der Waals surface area contributed by atoms with Crippen molar-refractivity contribution >= 4 is 0 Å². The molecule has 2 saturated carbocycles. The third kappa shape index (κ3) is 2.85. The van der Waals surface area contributed by atoms with Gasteiger partial charge in [0.15, 0.2) is 0 Å². The molecule has 3 rings (SSSR count). The van der Waals surface area contributed by atoms with Gasteiger partial charge in [0.25, 0.3) is 0 Å². The average molecular weight is 236 g/mol. The van der Waals surface area contributed by atoms with Crippen molar-refractivity contribution in [1.82, 2.24) is 10.2 Å². The highest BCUT2D eigenvalue weighted by Crippen LogP contribution is 2.46. The molecule has 0 amide bonds. The van der Waals surface area contributed by atoms with Crippen molar-refractivity contribution in [3.8, 4) is 0 Å². The minimum absolute atomic E-state index is 0.486. The summed E-state index contributed by atoms with van der Waals surface area (Å²) in [7, 11) is 0. The lowest BCUT2D eigenvalue weighted by molar-refractivity contribution is 0.147. The molecule has 1 aliphatic heterocycles. The molecular formula is C15H28N2. The van der Waals surface area contributed by atoms with Crippen LogP contribution in [0.4, 0.5) is 0 Å². The molecule has 3 fully saturated rings. The third-order valence-corrected chi connectivity index (χ3v) is 5.20. The Morgan fingerprint density at radius 1 is 1.00 bits per heavy atom. The van der Waals surface area contributed by atoms with E-state index in [1.54, 1.807) is 0 Å². The van der Waals surface area contributed by atoms with E-state index in [0.29, 0.717) is 11.0 Å². The van der Waals surface area contributed by atoms with Gasteiger partial charge in [-0.2, -0.15) is 0 Å². The second-order valence-corrected chi connectivity index (χ2v) is 7.14. The summed E-state index contributed by atoms with van der Waals surface area (Å²) in [5.41, 5.74) is 1.17. The molecule has 2 aliphatic carbocycles. The molecule has 0 bridgehead atoms. The van der Waals surface area contributed by atoms with Gasteiger partial charge < -0.3 is 10.2 Å². The van der Waals surface area contributed by atoms with Crippen LogP contribution in [0.25, 0.3) is 0 Å². The summed E-state index contributed by atoms with van der Waals surface area (Å²) in [5, 5.41) is 3.89. The lowest BCUT2D eigenvalue weighted by atomic mass is 9.81. The fraction of sp³-hybridized carbons (Fsp3) is 1.00. The molecule has 1 heterocycles. The Kier molecular flexibility index (Phi) is 3.20. The van der Waals surface area contributed by atoms with Crippen LogP contribution >= 0.6 is 0 Å². The molecule has 2 nitrogen and oxygen atoms in total. The van der Waals surface area contributed by atoms with Crippen LogP contribution in [0.5, 0.6) is 0 Å². The average Bonchev–Trinajstić information content (AvgIpc) is 3.06. The van der Waals surface area contributed by atoms with E-state index in [-0.39, 0.29) is 0 Å². The Hall–Kier alpha value is -0.0800. The number of nitrogens with one attached hydrogen (secondary N) is 1. The van der Waals surface area contributed by atoms with Crippen molar-refractivity contribution < 1.29 is 0 Å². The summed E-state index contributed by atoms with van der Waals surface area (Å²) >= 11 is 0. The van der Waals surface area contributed by atoms with Gasteiger partial charge in [0.2, 0.25) is 0 Å². The maximum atomic E-state index is 3.89. The van der Waals surface area contributed by atoms with Gasteiger partial charge in [-0.1, -0.05) is 26.2 Å². The van der Waals surface area contributed by atoms with E-state index in [1.165, 1.54) is 77.5 Å². The second-order valence-electron chi connectivity index (χ2n) is 7.14. The van der Waals surface area contributed by atoms with Crippen LogP contribution < -0.4 is 5.32 Å². The van der Waals surface area contributed by atoms with Gasteiger partial charge in [0.05, 0.1) is 0 Å². The number of hydrogen-bond acceptors (Lipinski definition) is 2. The highest BCUT2D eigenvalue weighted by molar-refractivity contribution is 4.98. The van der Waals surface area contributed by atoms with Gasteiger partial charge in [-0.25, -0.2) is 0 Å². The van der Waals surface area contributed by atoms with E-state index in [9.17, 15) is 0 Å². The van der Waals surface area contributed by atoms with Crippen LogP contribution in [-0.4, -0.2) is 36.6 Å². The van der Waals surface area contributed by atoms with Crippen LogP contribution in [0.2, 0.25) is 0 Å². The molecule has 0 atom stereocenters. The summed E-state index contributed by atoms with van der Waals surface area (Å²) in [6.45, 7) is 7.72. The zero-order valence-corrected chi connectivity index (χ0v) is 11.4. The molecule has 17 heavy (non-hydrogen) atoms. The monoisotopic (exact) mass is 236 g/mol. The topological polar surface area (TPSA) is 15.3 Å². The zero-order chi connectivity index (χ0) is 11.8. The minimum Gasteiger partial charge on any atom is -0.310 e. The Bertz CT molecular complexity index is 264. The number of hydrogen-bond donors (Lipinski definition) is 1. The summed E-state index contributed by atoms with van der Waals surface area (Å²) < 4.78 is 0. The van der Waals surface area contributed by atoms with Gasteiger partial charge in [-0.05, 0) is 50.6 Å². The molecular weight excluding hydrogens is 208 g/mol. The van der Waals surface area contributed by atoms with Gasteiger partial charge in [-0.3, -0.25) is 0 Å². The third-order valence-electron chi connectivity index (χ3n) is 5.20. The Morgan fingerprint density at radius 3 is 2.47 bits per heavy atom. The van der Waals surface area contributed by atoms with E-state index in [4.69, 9.17) is 0 Å². The molecule has 98 valence electrons. The molecule has 0 aromatic rings. The molecule has 0 aromatic heterocycles. The fourth-order valence-electron chi connectivity index (χ4n) is 3.83. The molecule has 0 unspecified atom stereocenters. The smallest absolute Gasteiger partial charge is 0.0308 e. The van der Waals surface area contributed by atoms with Crippen molar-refractivity contribution in [2.45, 2.75) is 63.8 Å². The first-order valence-corrected chi connectivity index (χ1v) is 7.67. The van der Waals surface area contributed by atoms with Gasteiger partial charge in [-0.15, -0.1) is 0 Å². The van der Waals surface area contributed by atoms with Crippen LogP contribution in [0.15, 0.2) is 0 Å². The molecule has 1 saturated heterocycles. The number of rotatable bonds is 2. The molecule has 0 radical (unpaired) electrons. The standard InChI is InChI=1S/C15H28N2/c1-14(8-9-14)12-17-11-5-10-16-15(13-17)6-3-2-4-7-15/h16H,2-13H2,1H3. The SMILES string of the molecule is CC1(CN2CCCNC3(CCCCC3)C2)CC1. The van der Waals surface area contributed by atoms with Crippen molar-refractivity contribution in [2.24, 2.45) is 5.41 Å². The lowest BCUT2D eigenvalue weighted by Gasteiger charge is -2.40. The fourth-order valence-corrected chi connectivity index (χ4v) is 3.83. The maximum Gasteiger partial charge on any atom is 0.0308 e. The van der Waals surface area contributed by atoms with Crippen molar-refractivity contribution in [3.05, 3.63) is 0 Å². The normalized spacial score (nSPS) is 32.3. The predicted octanol–water partition coefficient (Wildman–Crippen LogP) is 2.78. The van der Waals surface area contributed by atoms with E-state index >= 15 is 0 Å². The van der Waals surface area contributed by atoms with Crippen molar-refractivity contribution in [1.29, 1.82) is 0 Å². The quantitative estimate of drug-likeness (QED) is 0.793. The second kappa shape index (κ2) is 4.55. The van der Waals surface area contributed by atoms with Crippen LogP contribution in [-0.2, 0) is 0 Å². The summed E-state index contributed by atoms with van der Waals surface area (Å²) in [6, 6.07) is 0. The van der Waals surface area contributed by atoms with Crippen LogP contribution in [0.1, 0.15) is 58.3 Å². The first-order chi connectivity index (χ1) is 8.20. The highest BCUT2D eigenvalue weighted by atomic mass is 15.2. The molecule has 3 aliphatic rings. The van der Waals surface area contributed by atoms with Crippen molar-refractivity contribution in [2.75, 3.05) is 26.2 Å². The first-order valence-electron chi connectivity index (χ1n) is 7.67. The van der Waals surface area contributed by atoms with E-state index in [2.05, 4.69) is 17.1 Å². The Balaban J connectivity index is 1.64. The van der Waals surface area contributed by atoms with E-state index in [1.807, 2.05) is 0 Å². The summed E-state index contributed by atoms with van der Waals surface area (Å²) in [4.78, 5) is 2.78. The Labute approximate surface area is 106 Å². The summed E-state index contributed by atoms with van der Waals surface area (Å²) in [5.74, 6) is 0. The molecule has 1 N–H and O–H groups in total. The van der Waals surface area contributed by atoms with Gasteiger partial charge in [0, 0.05) is 18.6 Å². The van der Waals surface area contributed by atoms with Crippen LogP contribution in [0, 0.1) is 5.41 Å². The van der Waals surface area contributed by atoms with E-state index < -0.39 is 0 Å². The molecule has 1 spiro atoms. The number of nitrogens with zero attached hydrogens (tertiary/aromatic N) is 1. The molecule has 0 aromatic carbocycles. The zero-order valence-electron chi connectivity index (χ0n) is 11.4. The highest BCUT2D eigenvalue weighted by Gasteiger charge is 2.41. The van der Waals surface area contributed by atoms with E-state index in [0.717, 1.165) is 0 Å². The maximum absolute atomic E-state index is 3.89. The summed E-state index contributed by atoms with van der Waals surface area (Å²) in [6.07, 6.45) is 11.4. The van der Waals surface area contributed by atoms with Gasteiger partial charge >= 0.3 is 0 Å². The van der Waals surface area contributed by atoms with Crippen LogP contribution in [0.3, 0.4) is 0 Å². The first kappa shape index (κ1) is 12.0. The lowest BCUT2D eigenvalue weighted by Crippen LogP contribution is -2.53. The molecule has 2 heteroatoms. The van der Waals surface area contributed by atoms with Crippen molar-refractivity contribution in [3.63, 3.8) is 0 Å². The minimum atomic E-state index is 0.486. The largest absolute Gasteiger partial charge is 0.310 e. The Morgan fingerprint density at radius 2 is 1.76 bits per heavy atom.